The van der Waals surface area contributed by atoms with E-state index in [2.05, 4.69) is 13.8 Å². The molecule has 16 heavy (non-hydrogen) atoms. The van der Waals surface area contributed by atoms with Gasteiger partial charge in [0, 0.05) is 5.56 Å². The number of ether oxygens (including phenoxy) is 1. The number of Topliss-reactive ketones (excluding diaryl/α,β-unsaturated/α-hetero) is 1. The SMILES string of the molecule is CC(C)COc1ccc(C(=O)CC=O)cc1. The average Bonchev–Trinajstić information content (AvgIpc) is 2.27. The molecule has 0 unspecified atom stereocenters. The second-order valence-electron chi connectivity index (χ2n) is 4.02. The van der Waals surface area contributed by atoms with Crippen molar-refractivity contribution in [2.45, 2.75) is 20.3 Å². The Morgan fingerprint density at radius 2 is 1.94 bits per heavy atom. The molecule has 3 nitrogen and oxygen atoms in total. The van der Waals surface area contributed by atoms with Crippen molar-refractivity contribution >= 4 is 12.1 Å². The van der Waals surface area contributed by atoms with Crippen LogP contribution in [-0.2, 0) is 4.79 Å². The van der Waals surface area contributed by atoms with E-state index >= 15 is 0 Å². The Labute approximate surface area is 95.4 Å². The van der Waals surface area contributed by atoms with E-state index < -0.39 is 0 Å². The Morgan fingerprint density at radius 3 is 2.44 bits per heavy atom. The van der Waals surface area contributed by atoms with Gasteiger partial charge in [-0.25, -0.2) is 0 Å². The van der Waals surface area contributed by atoms with Gasteiger partial charge in [-0.15, -0.1) is 0 Å². The standard InChI is InChI=1S/C13H16O3/c1-10(2)9-16-12-5-3-11(4-6-12)13(15)7-8-14/h3-6,8,10H,7,9H2,1-2H3. The molecule has 1 aromatic rings. The van der Waals surface area contributed by atoms with E-state index in [1.54, 1.807) is 24.3 Å². The van der Waals surface area contributed by atoms with Gasteiger partial charge in [-0.05, 0) is 30.2 Å². The lowest BCUT2D eigenvalue weighted by atomic mass is 10.1. The van der Waals surface area contributed by atoms with Crippen LogP contribution in [0.5, 0.6) is 5.75 Å². The summed E-state index contributed by atoms with van der Waals surface area (Å²) in [7, 11) is 0. The van der Waals surface area contributed by atoms with Crippen LogP contribution in [0, 0.1) is 5.92 Å². The number of rotatable bonds is 6. The summed E-state index contributed by atoms with van der Waals surface area (Å²) >= 11 is 0. The second-order valence-corrected chi connectivity index (χ2v) is 4.02. The molecule has 0 bridgehead atoms. The third-order valence-electron chi connectivity index (χ3n) is 2.03. The van der Waals surface area contributed by atoms with Crippen molar-refractivity contribution in [3.05, 3.63) is 29.8 Å². The first-order valence-corrected chi connectivity index (χ1v) is 5.33. The summed E-state index contributed by atoms with van der Waals surface area (Å²) < 4.78 is 5.48. The summed E-state index contributed by atoms with van der Waals surface area (Å²) in [6, 6.07) is 6.86. The maximum absolute atomic E-state index is 11.4. The number of carbonyl (C=O) groups excluding carboxylic acids is 2. The van der Waals surface area contributed by atoms with Gasteiger partial charge in [0.1, 0.15) is 12.0 Å². The van der Waals surface area contributed by atoms with Crippen LogP contribution in [0.2, 0.25) is 0 Å². The Kier molecular flexibility index (Phi) is 4.70. The zero-order valence-corrected chi connectivity index (χ0v) is 9.60. The quantitative estimate of drug-likeness (QED) is 0.420. The molecule has 1 rings (SSSR count). The van der Waals surface area contributed by atoms with E-state index in [0.29, 0.717) is 24.4 Å². The lowest BCUT2D eigenvalue weighted by molar-refractivity contribution is -0.107. The Morgan fingerprint density at radius 1 is 1.31 bits per heavy atom. The summed E-state index contributed by atoms with van der Waals surface area (Å²) in [4.78, 5) is 21.5. The van der Waals surface area contributed by atoms with Crippen molar-refractivity contribution in [1.29, 1.82) is 0 Å². The molecule has 0 amide bonds. The highest BCUT2D eigenvalue weighted by molar-refractivity contribution is 6.02. The molecule has 0 saturated carbocycles. The van der Waals surface area contributed by atoms with Crippen molar-refractivity contribution in [3.63, 3.8) is 0 Å². The summed E-state index contributed by atoms with van der Waals surface area (Å²) in [6.45, 7) is 4.80. The Bertz CT molecular complexity index is 352. The van der Waals surface area contributed by atoms with Gasteiger partial charge in [0.05, 0.1) is 13.0 Å². The van der Waals surface area contributed by atoms with Crippen LogP contribution in [-0.4, -0.2) is 18.7 Å². The van der Waals surface area contributed by atoms with Gasteiger partial charge in [0.2, 0.25) is 0 Å². The van der Waals surface area contributed by atoms with Gasteiger partial charge < -0.3 is 9.53 Å². The van der Waals surface area contributed by atoms with Gasteiger partial charge in [-0.2, -0.15) is 0 Å². The van der Waals surface area contributed by atoms with Crippen LogP contribution in [0.15, 0.2) is 24.3 Å². The zero-order chi connectivity index (χ0) is 12.0. The fourth-order valence-electron chi connectivity index (χ4n) is 1.19. The number of benzene rings is 1. The number of hydrogen-bond acceptors (Lipinski definition) is 3. The minimum absolute atomic E-state index is 0.0633. The first kappa shape index (κ1) is 12.4. The molecule has 0 N–H and O–H groups in total. The minimum Gasteiger partial charge on any atom is -0.493 e. The van der Waals surface area contributed by atoms with Gasteiger partial charge in [0.25, 0.3) is 0 Å². The largest absolute Gasteiger partial charge is 0.493 e. The Hall–Kier alpha value is -1.64. The van der Waals surface area contributed by atoms with E-state index in [4.69, 9.17) is 4.74 Å². The van der Waals surface area contributed by atoms with Crippen LogP contribution in [0.4, 0.5) is 0 Å². The van der Waals surface area contributed by atoms with Crippen molar-refractivity contribution < 1.29 is 14.3 Å². The predicted molar refractivity (Wildman–Crippen MR) is 61.8 cm³/mol. The molecule has 3 heteroatoms. The molecule has 0 aliphatic carbocycles. The van der Waals surface area contributed by atoms with Crippen molar-refractivity contribution in [1.82, 2.24) is 0 Å². The molecule has 0 saturated heterocycles. The Balaban J connectivity index is 2.60. The van der Waals surface area contributed by atoms with Crippen LogP contribution >= 0.6 is 0 Å². The third kappa shape index (κ3) is 3.85. The summed E-state index contributed by atoms with van der Waals surface area (Å²) in [5, 5.41) is 0. The maximum atomic E-state index is 11.4. The van der Waals surface area contributed by atoms with Crippen LogP contribution in [0.25, 0.3) is 0 Å². The van der Waals surface area contributed by atoms with Crippen LogP contribution < -0.4 is 4.74 Å². The molecule has 0 spiro atoms. The minimum atomic E-state index is -0.162. The van der Waals surface area contributed by atoms with Crippen LogP contribution in [0.1, 0.15) is 30.6 Å². The van der Waals surface area contributed by atoms with Gasteiger partial charge in [0.15, 0.2) is 5.78 Å². The number of hydrogen-bond donors (Lipinski definition) is 0. The lowest BCUT2D eigenvalue weighted by Crippen LogP contribution is -2.05. The molecular weight excluding hydrogens is 204 g/mol. The molecule has 0 radical (unpaired) electrons. The van der Waals surface area contributed by atoms with Gasteiger partial charge in [-0.3, -0.25) is 4.79 Å². The third-order valence-corrected chi connectivity index (χ3v) is 2.03. The maximum Gasteiger partial charge on any atom is 0.169 e. The number of ketones is 1. The highest BCUT2D eigenvalue weighted by Gasteiger charge is 2.04. The number of aldehydes is 1. The molecule has 0 aliphatic rings. The zero-order valence-electron chi connectivity index (χ0n) is 9.60. The fourth-order valence-corrected chi connectivity index (χ4v) is 1.19. The lowest BCUT2D eigenvalue weighted by Gasteiger charge is -2.08. The van der Waals surface area contributed by atoms with Crippen LogP contribution in [0.3, 0.4) is 0 Å². The summed E-state index contributed by atoms with van der Waals surface area (Å²) in [5.74, 6) is 1.05. The number of carbonyl (C=O) groups is 2. The van der Waals surface area contributed by atoms with Gasteiger partial charge in [-0.1, -0.05) is 13.8 Å². The summed E-state index contributed by atoms with van der Waals surface area (Å²) in [5.41, 5.74) is 0.545. The average molecular weight is 220 g/mol. The fraction of sp³-hybridized carbons (Fsp3) is 0.385. The molecule has 1 aromatic carbocycles. The van der Waals surface area contributed by atoms with E-state index in [1.165, 1.54) is 0 Å². The predicted octanol–water partition coefficient (Wildman–Crippen LogP) is 2.49. The topological polar surface area (TPSA) is 43.4 Å². The van der Waals surface area contributed by atoms with E-state index in [9.17, 15) is 9.59 Å². The van der Waals surface area contributed by atoms with Gasteiger partial charge >= 0.3 is 0 Å². The van der Waals surface area contributed by atoms with E-state index in [-0.39, 0.29) is 12.2 Å². The van der Waals surface area contributed by atoms with Crippen molar-refractivity contribution in [3.8, 4) is 5.75 Å². The molecule has 86 valence electrons. The first-order chi connectivity index (χ1) is 7.63. The normalized spacial score (nSPS) is 10.2. The first-order valence-electron chi connectivity index (χ1n) is 5.33. The smallest absolute Gasteiger partial charge is 0.169 e. The van der Waals surface area contributed by atoms with E-state index in [1.807, 2.05) is 0 Å². The molecule has 0 fully saturated rings. The molecule has 0 atom stereocenters. The van der Waals surface area contributed by atoms with Crippen molar-refractivity contribution in [2.24, 2.45) is 5.92 Å². The van der Waals surface area contributed by atoms with Crippen molar-refractivity contribution in [2.75, 3.05) is 6.61 Å². The molecule has 0 aliphatic heterocycles. The van der Waals surface area contributed by atoms with E-state index in [0.717, 1.165) is 5.75 Å². The second kappa shape index (κ2) is 6.05. The summed E-state index contributed by atoms with van der Waals surface area (Å²) in [6.07, 6.45) is 0.553. The molecule has 0 heterocycles. The highest BCUT2D eigenvalue weighted by atomic mass is 16.5. The highest BCUT2D eigenvalue weighted by Crippen LogP contribution is 2.14. The molecule has 0 aromatic heterocycles. The monoisotopic (exact) mass is 220 g/mol. The molecular formula is C13H16O3.